The maximum atomic E-state index is 10.8. The molecule has 0 saturated carbocycles. The monoisotopic (exact) mass is 253 g/mol. The Morgan fingerprint density at radius 1 is 1.71 bits per heavy atom. The van der Waals surface area contributed by atoms with Crippen molar-refractivity contribution in [3.05, 3.63) is 27.4 Å². The van der Waals surface area contributed by atoms with E-state index in [0.29, 0.717) is 6.42 Å². The van der Waals surface area contributed by atoms with Crippen molar-refractivity contribution in [2.75, 3.05) is 5.32 Å². The smallest absolute Gasteiger partial charge is 0.311 e. The number of anilines is 1. The predicted molar refractivity (Wildman–Crippen MR) is 67.1 cm³/mol. The number of nitrogens with one attached hydrogen (secondary N) is 1. The molecule has 1 heterocycles. The van der Waals surface area contributed by atoms with Crippen LogP contribution in [0.1, 0.15) is 19.8 Å². The summed E-state index contributed by atoms with van der Waals surface area (Å²) in [7, 11) is 0. The summed E-state index contributed by atoms with van der Waals surface area (Å²) in [6.07, 6.45) is 6.44. The summed E-state index contributed by atoms with van der Waals surface area (Å²) < 4.78 is 0. The lowest BCUT2D eigenvalue weighted by atomic mass is 10.1. The molecule has 17 heavy (non-hydrogen) atoms. The van der Waals surface area contributed by atoms with Gasteiger partial charge in [-0.1, -0.05) is 18.5 Å². The van der Waals surface area contributed by atoms with Gasteiger partial charge >= 0.3 is 5.69 Å². The van der Waals surface area contributed by atoms with Crippen molar-refractivity contribution in [2.45, 2.75) is 25.8 Å². The lowest BCUT2D eigenvalue weighted by Crippen LogP contribution is -2.19. The molecule has 0 bridgehead atoms. The standard InChI is InChI=1S/C11H12ClN3O2/c1-3-5-8(4-2)13-11-9(15(16)17)6-7-10(12)14-11/h1,6-8H,4-5H2,2H3,(H,13,14). The molecule has 0 fully saturated rings. The van der Waals surface area contributed by atoms with Gasteiger partial charge in [-0.05, 0) is 12.5 Å². The highest BCUT2D eigenvalue weighted by Crippen LogP contribution is 2.25. The lowest BCUT2D eigenvalue weighted by Gasteiger charge is -2.14. The molecule has 5 nitrogen and oxygen atoms in total. The quantitative estimate of drug-likeness (QED) is 0.379. The van der Waals surface area contributed by atoms with Gasteiger partial charge in [0.2, 0.25) is 5.82 Å². The number of halogens is 1. The molecule has 6 heteroatoms. The second-order valence-corrected chi connectivity index (χ2v) is 3.80. The van der Waals surface area contributed by atoms with Crippen LogP contribution in [0.15, 0.2) is 12.1 Å². The highest BCUT2D eigenvalue weighted by Gasteiger charge is 2.18. The number of terminal acetylenes is 1. The van der Waals surface area contributed by atoms with Crippen LogP contribution in [-0.2, 0) is 0 Å². The van der Waals surface area contributed by atoms with Crippen LogP contribution in [0, 0.1) is 22.5 Å². The molecule has 0 aromatic carbocycles. The maximum absolute atomic E-state index is 10.8. The molecule has 0 aliphatic heterocycles. The van der Waals surface area contributed by atoms with E-state index in [9.17, 15) is 10.1 Å². The highest BCUT2D eigenvalue weighted by molar-refractivity contribution is 6.29. The minimum absolute atomic E-state index is 0.0512. The third-order valence-electron chi connectivity index (χ3n) is 2.23. The zero-order chi connectivity index (χ0) is 12.8. The van der Waals surface area contributed by atoms with Crippen LogP contribution in [0.3, 0.4) is 0 Å². The molecular formula is C11H12ClN3O2. The normalized spacial score (nSPS) is 11.6. The molecule has 90 valence electrons. The van der Waals surface area contributed by atoms with Crippen LogP contribution in [0.4, 0.5) is 11.5 Å². The summed E-state index contributed by atoms with van der Waals surface area (Å²) in [5.41, 5.74) is -0.107. The molecule has 1 atom stereocenters. The van der Waals surface area contributed by atoms with Crippen LogP contribution in [0.25, 0.3) is 0 Å². The molecule has 1 unspecified atom stereocenters. The van der Waals surface area contributed by atoms with Crippen LogP contribution < -0.4 is 5.32 Å². The van der Waals surface area contributed by atoms with E-state index in [1.165, 1.54) is 12.1 Å². The first-order valence-electron chi connectivity index (χ1n) is 5.09. The lowest BCUT2D eigenvalue weighted by molar-refractivity contribution is -0.384. The Morgan fingerprint density at radius 3 is 2.94 bits per heavy atom. The van der Waals surface area contributed by atoms with Crippen molar-refractivity contribution >= 4 is 23.1 Å². The van der Waals surface area contributed by atoms with E-state index in [0.717, 1.165) is 6.42 Å². The van der Waals surface area contributed by atoms with Crippen LogP contribution in [0.5, 0.6) is 0 Å². The Morgan fingerprint density at radius 2 is 2.41 bits per heavy atom. The zero-order valence-electron chi connectivity index (χ0n) is 9.31. The first-order valence-corrected chi connectivity index (χ1v) is 5.47. The van der Waals surface area contributed by atoms with Crippen LogP contribution >= 0.6 is 11.6 Å². The zero-order valence-corrected chi connectivity index (χ0v) is 10.1. The van der Waals surface area contributed by atoms with Gasteiger partial charge in [0.05, 0.1) is 4.92 Å². The molecule has 1 aromatic rings. The Bertz CT molecular complexity index is 457. The van der Waals surface area contributed by atoms with Gasteiger partial charge in [0, 0.05) is 18.5 Å². The third kappa shape index (κ3) is 3.61. The molecule has 0 aliphatic carbocycles. The number of nitro groups is 1. The van der Waals surface area contributed by atoms with Crippen LogP contribution in [-0.4, -0.2) is 15.9 Å². The summed E-state index contributed by atoms with van der Waals surface area (Å²) in [6, 6.07) is 2.65. The number of aromatic nitrogens is 1. The first-order chi connectivity index (χ1) is 8.08. The van der Waals surface area contributed by atoms with Crippen molar-refractivity contribution in [2.24, 2.45) is 0 Å². The van der Waals surface area contributed by atoms with Gasteiger partial charge in [-0.2, -0.15) is 0 Å². The SMILES string of the molecule is C#CCC(CC)Nc1nc(Cl)ccc1[N+](=O)[O-]. The fourth-order valence-electron chi connectivity index (χ4n) is 1.31. The van der Waals surface area contributed by atoms with Gasteiger partial charge in [-0.15, -0.1) is 12.3 Å². The Hall–Kier alpha value is -1.80. The van der Waals surface area contributed by atoms with Gasteiger partial charge in [-0.25, -0.2) is 4.98 Å². The number of nitrogens with zero attached hydrogens (tertiary/aromatic N) is 2. The van der Waals surface area contributed by atoms with Gasteiger partial charge in [0.1, 0.15) is 5.15 Å². The Labute approximate surface area is 104 Å². The maximum Gasteiger partial charge on any atom is 0.311 e. The summed E-state index contributed by atoms with van der Waals surface area (Å²) in [5, 5.41) is 13.9. The van der Waals surface area contributed by atoms with Crippen molar-refractivity contribution in [1.29, 1.82) is 0 Å². The second kappa shape index (κ2) is 6.06. The molecule has 1 aromatic heterocycles. The average molecular weight is 254 g/mol. The number of rotatable bonds is 5. The Balaban J connectivity index is 2.99. The van der Waals surface area contributed by atoms with Crippen molar-refractivity contribution < 1.29 is 4.92 Å². The average Bonchev–Trinajstić information content (AvgIpc) is 2.28. The van der Waals surface area contributed by atoms with Gasteiger partial charge < -0.3 is 5.32 Å². The van der Waals surface area contributed by atoms with E-state index >= 15 is 0 Å². The minimum atomic E-state index is -0.506. The molecule has 0 radical (unpaired) electrons. The highest BCUT2D eigenvalue weighted by atomic mass is 35.5. The summed E-state index contributed by atoms with van der Waals surface area (Å²) in [4.78, 5) is 14.2. The second-order valence-electron chi connectivity index (χ2n) is 3.42. The molecule has 1 rings (SSSR count). The molecular weight excluding hydrogens is 242 g/mol. The van der Waals surface area contributed by atoms with Crippen molar-refractivity contribution in [3.63, 3.8) is 0 Å². The summed E-state index contributed by atoms with van der Waals surface area (Å²) in [5.74, 6) is 2.67. The van der Waals surface area contributed by atoms with Crippen molar-refractivity contribution in [1.82, 2.24) is 4.98 Å². The van der Waals surface area contributed by atoms with Gasteiger partial charge in [0.15, 0.2) is 0 Å². The van der Waals surface area contributed by atoms with E-state index in [1.54, 1.807) is 0 Å². The summed E-state index contributed by atoms with van der Waals surface area (Å²) >= 11 is 5.71. The van der Waals surface area contributed by atoms with Gasteiger partial charge in [0.25, 0.3) is 0 Å². The van der Waals surface area contributed by atoms with E-state index < -0.39 is 4.92 Å². The van der Waals surface area contributed by atoms with Crippen molar-refractivity contribution in [3.8, 4) is 12.3 Å². The largest absolute Gasteiger partial charge is 0.361 e. The van der Waals surface area contributed by atoms with E-state index in [-0.39, 0.29) is 22.7 Å². The van der Waals surface area contributed by atoms with Crippen LogP contribution in [0.2, 0.25) is 5.15 Å². The first kappa shape index (κ1) is 13.3. The number of pyridine rings is 1. The summed E-state index contributed by atoms with van der Waals surface area (Å²) in [6.45, 7) is 1.94. The molecule has 0 saturated heterocycles. The topological polar surface area (TPSA) is 68.1 Å². The third-order valence-corrected chi connectivity index (χ3v) is 2.45. The molecule has 0 amide bonds. The minimum Gasteiger partial charge on any atom is -0.361 e. The fraction of sp³-hybridized carbons (Fsp3) is 0.364. The molecule has 0 spiro atoms. The fourth-order valence-corrected chi connectivity index (χ4v) is 1.46. The van der Waals surface area contributed by atoms with E-state index in [4.69, 9.17) is 18.0 Å². The van der Waals surface area contributed by atoms with E-state index in [1.807, 2.05) is 6.92 Å². The number of hydrogen-bond acceptors (Lipinski definition) is 4. The van der Waals surface area contributed by atoms with E-state index in [2.05, 4.69) is 16.2 Å². The molecule has 1 N–H and O–H groups in total. The van der Waals surface area contributed by atoms with Gasteiger partial charge in [-0.3, -0.25) is 10.1 Å². The predicted octanol–water partition coefficient (Wildman–Crippen LogP) is 2.86. The molecule has 0 aliphatic rings. The number of hydrogen-bond donors (Lipinski definition) is 1. The Kier molecular flexibility index (Phi) is 4.73.